The number of tetrazole rings is 1. The van der Waals surface area contributed by atoms with Gasteiger partial charge >= 0.3 is 0 Å². The summed E-state index contributed by atoms with van der Waals surface area (Å²) in [5, 5.41) is 15.4. The van der Waals surface area contributed by atoms with E-state index in [2.05, 4.69) is 25.7 Å². The highest BCUT2D eigenvalue weighted by Crippen LogP contribution is 2.41. The maximum atomic E-state index is 14.0. The third kappa shape index (κ3) is 6.83. The Morgan fingerprint density at radius 3 is 2.51 bits per heavy atom. The number of aromatic nitrogens is 4. The van der Waals surface area contributed by atoms with Gasteiger partial charge in [-0.3, -0.25) is 9.59 Å². The van der Waals surface area contributed by atoms with Gasteiger partial charge in [-0.1, -0.05) is 47.5 Å². The Hall–Kier alpha value is -3.99. The molecule has 0 spiro atoms. The van der Waals surface area contributed by atoms with Crippen LogP contribution in [0.25, 0.3) is 5.69 Å². The first-order valence-electron chi connectivity index (χ1n) is 15.1. The minimum absolute atomic E-state index is 0.0101. The lowest BCUT2D eigenvalue weighted by molar-refractivity contribution is -0.121. The first-order valence-corrected chi connectivity index (χ1v) is 15.9. The molecule has 1 N–H and O–H groups in total. The zero-order valence-corrected chi connectivity index (χ0v) is 26.5. The average molecular weight is 649 g/mol. The first kappa shape index (κ1) is 31.0. The predicted molar refractivity (Wildman–Crippen MR) is 173 cm³/mol. The van der Waals surface area contributed by atoms with Crippen LogP contribution in [-0.2, 0) is 10.2 Å². The van der Waals surface area contributed by atoms with Gasteiger partial charge in [0.15, 0.2) is 0 Å². The summed E-state index contributed by atoms with van der Waals surface area (Å²) >= 11 is 12.8. The number of nitrogens with one attached hydrogen (secondary N) is 1. The smallest absolute Gasteiger partial charge is 0.257 e. The quantitative estimate of drug-likeness (QED) is 0.256. The van der Waals surface area contributed by atoms with E-state index in [0.29, 0.717) is 40.1 Å². The standard InChI is InChI=1S/C33H35Cl2N7O3/c1-45-30-10-8-26(42-22-36-38-39-42)20-27(30)32(44)41-18-14-33(21-41,24-7-9-28(34)29(35)19-24)13-17-40-15-11-23(12-16-40)31(43)37-25-5-3-2-4-6-25/h2-10,19-20,22-23H,11-18,21H2,1H3,(H,37,43)/t33-/m0/s1. The van der Waals surface area contributed by atoms with Gasteiger partial charge < -0.3 is 19.9 Å². The molecular weight excluding hydrogens is 613 g/mol. The zero-order chi connectivity index (χ0) is 31.4. The molecule has 4 aromatic rings. The van der Waals surface area contributed by atoms with Crippen molar-refractivity contribution in [3.63, 3.8) is 0 Å². The maximum absolute atomic E-state index is 14.0. The van der Waals surface area contributed by atoms with Crippen LogP contribution in [0.2, 0.25) is 10.0 Å². The number of amides is 2. The first-order chi connectivity index (χ1) is 21.8. The number of nitrogens with zero attached hydrogens (tertiary/aromatic N) is 6. The number of carbonyl (C=O) groups is 2. The van der Waals surface area contributed by atoms with E-state index in [1.807, 2.05) is 59.5 Å². The highest BCUT2D eigenvalue weighted by Gasteiger charge is 2.42. The highest BCUT2D eigenvalue weighted by atomic mass is 35.5. The van der Waals surface area contributed by atoms with Crippen molar-refractivity contribution < 1.29 is 14.3 Å². The average Bonchev–Trinajstić information content (AvgIpc) is 3.77. The molecular formula is C33H35Cl2N7O3. The van der Waals surface area contributed by atoms with Crippen molar-refractivity contribution in [1.82, 2.24) is 30.0 Å². The molecule has 2 amide bonds. The molecule has 0 unspecified atom stereocenters. The van der Waals surface area contributed by atoms with E-state index in [1.165, 1.54) is 11.0 Å². The fraction of sp³-hybridized carbons (Fsp3) is 0.364. The molecule has 2 aliphatic heterocycles. The van der Waals surface area contributed by atoms with Crippen molar-refractivity contribution in [2.75, 3.05) is 45.2 Å². The molecule has 2 aliphatic rings. The van der Waals surface area contributed by atoms with E-state index >= 15 is 0 Å². The van der Waals surface area contributed by atoms with E-state index < -0.39 is 0 Å². The Balaban J connectivity index is 1.16. The Kier molecular flexibility index (Phi) is 9.34. The number of ether oxygens (including phenoxy) is 1. The second-order valence-corrected chi connectivity index (χ2v) is 12.6. The number of rotatable bonds is 9. The molecule has 0 radical (unpaired) electrons. The summed E-state index contributed by atoms with van der Waals surface area (Å²) in [6.07, 6.45) is 4.71. The molecule has 0 aliphatic carbocycles. The summed E-state index contributed by atoms with van der Waals surface area (Å²) in [5.41, 5.74) is 2.70. The summed E-state index contributed by atoms with van der Waals surface area (Å²) < 4.78 is 7.08. The van der Waals surface area contributed by atoms with Gasteiger partial charge in [0, 0.05) is 30.1 Å². The lowest BCUT2D eigenvalue weighted by Gasteiger charge is -2.36. The van der Waals surface area contributed by atoms with Gasteiger partial charge in [-0.25, -0.2) is 4.68 Å². The Morgan fingerprint density at radius 1 is 1.00 bits per heavy atom. The van der Waals surface area contributed by atoms with Crippen LogP contribution in [0.1, 0.15) is 41.6 Å². The third-order valence-electron chi connectivity index (χ3n) is 9.11. The molecule has 234 valence electrons. The normalized spacial score (nSPS) is 19.0. The lowest BCUT2D eigenvalue weighted by atomic mass is 9.76. The number of methoxy groups -OCH3 is 1. The van der Waals surface area contributed by atoms with E-state index in [9.17, 15) is 9.59 Å². The van der Waals surface area contributed by atoms with Crippen LogP contribution < -0.4 is 10.1 Å². The van der Waals surface area contributed by atoms with Crippen molar-refractivity contribution in [2.45, 2.75) is 31.1 Å². The second kappa shape index (κ2) is 13.6. The molecule has 3 aromatic carbocycles. The number of halogens is 2. The fourth-order valence-corrected chi connectivity index (χ4v) is 6.77. The van der Waals surface area contributed by atoms with E-state index in [-0.39, 0.29) is 23.1 Å². The number of hydrogen-bond donors (Lipinski definition) is 1. The highest BCUT2D eigenvalue weighted by molar-refractivity contribution is 6.42. The molecule has 1 aromatic heterocycles. The molecule has 1 atom stereocenters. The summed E-state index contributed by atoms with van der Waals surface area (Å²) in [4.78, 5) is 31.2. The molecule has 0 bridgehead atoms. The van der Waals surface area contributed by atoms with Crippen LogP contribution in [0, 0.1) is 5.92 Å². The second-order valence-electron chi connectivity index (χ2n) is 11.7. The van der Waals surface area contributed by atoms with E-state index in [0.717, 1.165) is 56.6 Å². The van der Waals surface area contributed by atoms with Crippen LogP contribution >= 0.6 is 23.2 Å². The lowest BCUT2D eigenvalue weighted by Crippen LogP contribution is -2.42. The Morgan fingerprint density at radius 2 is 1.80 bits per heavy atom. The van der Waals surface area contributed by atoms with Crippen LogP contribution in [0.3, 0.4) is 0 Å². The van der Waals surface area contributed by atoms with Crippen LogP contribution in [0.15, 0.2) is 73.1 Å². The van der Waals surface area contributed by atoms with Gasteiger partial charge in [0.2, 0.25) is 5.91 Å². The summed E-state index contributed by atoms with van der Waals surface area (Å²) in [6.45, 7) is 3.63. The van der Waals surface area contributed by atoms with Gasteiger partial charge in [-0.15, -0.1) is 5.10 Å². The molecule has 0 saturated carbocycles. The number of likely N-dealkylation sites (tertiary alicyclic amines) is 2. The molecule has 6 rings (SSSR count). The monoisotopic (exact) mass is 647 g/mol. The maximum Gasteiger partial charge on any atom is 0.257 e. The Labute approximate surface area is 272 Å². The molecule has 3 heterocycles. The molecule has 45 heavy (non-hydrogen) atoms. The van der Waals surface area contributed by atoms with Crippen LogP contribution in [-0.4, -0.2) is 81.7 Å². The SMILES string of the molecule is COc1ccc(-n2cnnn2)cc1C(=O)N1CC[C@](CCN2CCC(C(=O)Nc3ccccc3)CC2)(c2ccc(Cl)c(Cl)c2)C1. The van der Waals surface area contributed by atoms with Crippen LogP contribution in [0.4, 0.5) is 5.69 Å². The predicted octanol–water partition coefficient (Wildman–Crippen LogP) is 5.50. The topological polar surface area (TPSA) is 105 Å². The van der Waals surface area contributed by atoms with Crippen molar-refractivity contribution >= 4 is 40.7 Å². The number of para-hydroxylation sites is 1. The summed E-state index contributed by atoms with van der Waals surface area (Å²) in [5.74, 6) is 0.443. The molecule has 2 fully saturated rings. The minimum Gasteiger partial charge on any atom is -0.496 e. The van der Waals surface area contributed by atoms with Crippen molar-refractivity contribution in [2.24, 2.45) is 5.92 Å². The van der Waals surface area contributed by atoms with Gasteiger partial charge in [-0.2, -0.15) is 0 Å². The number of benzene rings is 3. The van der Waals surface area contributed by atoms with Gasteiger partial charge in [0.05, 0.1) is 28.4 Å². The van der Waals surface area contributed by atoms with Crippen LogP contribution in [0.5, 0.6) is 5.75 Å². The fourth-order valence-electron chi connectivity index (χ4n) is 6.47. The number of carbonyl (C=O) groups excluding carboxylic acids is 2. The molecule has 2 saturated heterocycles. The zero-order valence-electron chi connectivity index (χ0n) is 25.0. The molecule has 12 heteroatoms. The summed E-state index contributed by atoms with van der Waals surface area (Å²) in [6, 6.07) is 20.7. The molecule has 10 nitrogen and oxygen atoms in total. The van der Waals surface area contributed by atoms with E-state index in [4.69, 9.17) is 27.9 Å². The van der Waals surface area contributed by atoms with Crippen molar-refractivity contribution in [1.29, 1.82) is 0 Å². The van der Waals surface area contributed by atoms with Gasteiger partial charge in [0.1, 0.15) is 12.1 Å². The number of anilines is 1. The largest absolute Gasteiger partial charge is 0.496 e. The minimum atomic E-state index is -0.313. The third-order valence-corrected chi connectivity index (χ3v) is 9.85. The van der Waals surface area contributed by atoms with Crippen molar-refractivity contribution in [3.8, 4) is 11.4 Å². The summed E-state index contributed by atoms with van der Waals surface area (Å²) in [7, 11) is 1.56. The Bertz CT molecular complexity index is 1650. The van der Waals surface area contributed by atoms with Gasteiger partial charge in [0.25, 0.3) is 5.91 Å². The van der Waals surface area contributed by atoms with Crippen molar-refractivity contribution in [3.05, 3.63) is 94.2 Å². The van der Waals surface area contributed by atoms with E-state index in [1.54, 1.807) is 19.2 Å². The van der Waals surface area contributed by atoms with Gasteiger partial charge in [-0.05, 0) is 104 Å². The number of piperidine rings is 1. The number of hydrogen-bond acceptors (Lipinski definition) is 7.